The first-order chi connectivity index (χ1) is 9.60. The molecule has 108 valence electrons. The molecule has 4 nitrogen and oxygen atoms in total. The maximum Gasteiger partial charge on any atom is 0.235 e. The van der Waals surface area contributed by atoms with E-state index in [1.54, 1.807) is 16.7 Å². The van der Waals surface area contributed by atoms with Crippen molar-refractivity contribution in [2.45, 2.75) is 24.0 Å². The standard InChI is InChI=1S/C15H20N2O2S/c1-12-3-5-14(6-4-12)20-13(2)15(19)17-9-7-16(11-18)8-10-17/h3-6,11,13H,7-10H2,1-2H3/t13-/m1/s1. The molecule has 2 rings (SSSR count). The lowest BCUT2D eigenvalue weighted by Gasteiger charge is -2.33. The second-order valence-corrected chi connectivity index (χ2v) is 6.45. The lowest BCUT2D eigenvalue weighted by molar-refractivity contribution is -0.134. The van der Waals surface area contributed by atoms with Crippen LogP contribution in [0.15, 0.2) is 29.2 Å². The van der Waals surface area contributed by atoms with Crippen molar-refractivity contribution in [2.24, 2.45) is 0 Å². The minimum Gasteiger partial charge on any atom is -0.342 e. The highest BCUT2D eigenvalue weighted by molar-refractivity contribution is 8.00. The highest BCUT2D eigenvalue weighted by Crippen LogP contribution is 2.25. The van der Waals surface area contributed by atoms with Gasteiger partial charge in [-0.15, -0.1) is 11.8 Å². The van der Waals surface area contributed by atoms with Gasteiger partial charge in [0.15, 0.2) is 0 Å². The fraction of sp³-hybridized carbons (Fsp3) is 0.467. The molecule has 5 heteroatoms. The fourth-order valence-corrected chi connectivity index (χ4v) is 3.13. The summed E-state index contributed by atoms with van der Waals surface area (Å²) in [6.07, 6.45) is 0.853. The molecule has 0 aliphatic carbocycles. The molecule has 0 bridgehead atoms. The average Bonchev–Trinajstić information content (AvgIpc) is 2.49. The maximum atomic E-state index is 12.4. The Morgan fingerprint density at radius 3 is 2.35 bits per heavy atom. The predicted octanol–water partition coefficient (Wildman–Crippen LogP) is 1.78. The van der Waals surface area contributed by atoms with E-state index in [0.717, 1.165) is 11.3 Å². The van der Waals surface area contributed by atoms with Crippen molar-refractivity contribution < 1.29 is 9.59 Å². The highest BCUT2D eigenvalue weighted by atomic mass is 32.2. The summed E-state index contributed by atoms with van der Waals surface area (Å²) in [6, 6.07) is 8.22. The summed E-state index contributed by atoms with van der Waals surface area (Å²) in [5, 5.41) is -0.0968. The van der Waals surface area contributed by atoms with Crippen LogP contribution in [0.3, 0.4) is 0 Å². The van der Waals surface area contributed by atoms with Crippen molar-refractivity contribution in [2.75, 3.05) is 26.2 Å². The van der Waals surface area contributed by atoms with Gasteiger partial charge in [0.1, 0.15) is 0 Å². The number of rotatable bonds is 4. The number of nitrogens with zero attached hydrogens (tertiary/aromatic N) is 2. The Morgan fingerprint density at radius 2 is 1.80 bits per heavy atom. The number of thioether (sulfide) groups is 1. The van der Waals surface area contributed by atoms with E-state index < -0.39 is 0 Å². The molecule has 1 saturated heterocycles. The average molecular weight is 292 g/mol. The van der Waals surface area contributed by atoms with Crippen molar-refractivity contribution in [3.8, 4) is 0 Å². The quantitative estimate of drug-likeness (QED) is 0.627. The number of piperazine rings is 1. The molecule has 0 radical (unpaired) electrons. The summed E-state index contributed by atoms with van der Waals surface area (Å²) in [7, 11) is 0. The SMILES string of the molecule is Cc1ccc(S[C@H](C)C(=O)N2CCN(C=O)CC2)cc1. The topological polar surface area (TPSA) is 40.6 Å². The van der Waals surface area contributed by atoms with Gasteiger partial charge in [-0.05, 0) is 26.0 Å². The van der Waals surface area contributed by atoms with Crippen LogP contribution in [0, 0.1) is 6.92 Å². The van der Waals surface area contributed by atoms with Gasteiger partial charge in [-0.3, -0.25) is 9.59 Å². The number of amides is 2. The molecule has 1 atom stereocenters. The molecular weight excluding hydrogens is 272 g/mol. The van der Waals surface area contributed by atoms with Gasteiger partial charge in [0.2, 0.25) is 12.3 Å². The zero-order valence-electron chi connectivity index (χ0n) is 11.9. The molecule has 1 aliphatic heterocycles. The van der Waals surface area contributed by atoms with Crippen LogP contribution in [0.4, 0.5) is 0 Å². The van der Waals surface area contributed by atoms with Crippen LogP contribution in [0.2, 0.25) is 0 Å². The van der Waals surface area contributed by atoms with Gasteiger partial charge in [0.25, 0.3) is 0 Å². The second-order valence-electron chi connectivity index (χ2n) is 5.04. The largest absolute Gasteiger partial charge is 0.342 e. The van der Waals surface area contributed by atoms with Crippen LogP contribution in [-0.2, 0) is 9.59 Å². The molecule has 20 heavy (non-hydrogen) atoms. The second kappa shape index (κ2) is 6.79. The third kappa shape index (κ3) is 3.76. The molecule has 0 aromatic heterocycles. The molecule has 1 aliphatic rings. The van der Waals surface area contributed by atoms with Crippen LogP contribution in [0.25, 0.3) is 0 Å². The Morgan fingerprint density at radius 1 is 1.20 bits per heavy atom. The Bertz CT molecular complexity index is 467. The molecule has 1 aromatic rings. The van der Waals surface area contributed by atoms with E-state index in [9.17, 15) is 9.59 Å². The highest BCUT2D eigenvalue weighted by Gasteiger charge is 2.24. The van der Waals surface area contributed by atoms with Crippen molar-refractivity contribution in [3.05, 3.63) is 29.8 Å². The molecule has 1 heterocycles. The van der Waals surface area contributed by atoms with Crippen LogP contribution in [0.5, 0.6) is 0 Å². The predicted molar refractivity (Wildman–Crippen MR) is 80.7 cm³/mol. The molecule has 0 saturated carbocycles. The lowest BCUT2D eigenvalue weighted by Crippen LogP contribution is -2.50. The molecule has 1 aromatic carbocycles. The van der Waals surface area contributed by atoms with E-state index >= 15 is 0 Å². The Kier molecular flexibility index (Phi) is 5.06. The van der Waals surface area contributed by atoms with E-state index in [2.05, 4.69) is 19.1 Å². The molecule has 1 fully saturated rings. The van der Waals surface area contributed by atoms with Crippen molar-refractivity contribution >= 4 is 24.1 Å². The number of hydrogen-bond acceptors (Lipinski definition) is 3. The Labute approximate surface area is 124 Å². The Hall–Kier alpha value is -1.49. The van der Waals surface area contributed by atoms with E-state index in [4.69, 9.17) is 0 Å². The van der Waals surface area contributed by atoms with E-state index in [0.29, 0.717) is 26.2 Å². The molecule has 2 amide bonds. The molecule has 0 spiro atoms. The summed E-state index contributed by atoms with van der Waals surface area (Å²) in [4.78, 5) is 27.7. The van der Waals surface area contributed by atoms with E-state index in [-0.39, 0.29) is 11.2 Å². The van der Waals surface area contributed by atoms with Gasteiger partial charge < -0.3 is 9.80 Å². The zero-order valence-corrected chi connectivity index (χ0v) is 12.7. The van der Waals surface area contributed by atoms with Crippen molar-refractivity contribution in [3.63, 3.8) is 0 Å². The lowest BCUT2D eigenvalue weighted by atomic mass is 10.2. The van der Waals surface area contributed by atoms with Crippen molar-refractivity contribution in [1.82, 2.24) is 9.80 Å². The summed E-state index contributed by atoms with van der Waals surface area (Å²) in [5.74, 6) is 0.154. The molecule has 0 N–H and O–H groups in total. The molecule has 0 unspecified atom stereocenters. The first-order valence-electron chi connectivity index (χ1n) is 6.81. The maximum absolute atomic E-state index is 12.4. The minimum absolute atomic E-state index is 0.0968. The van der Waals surface area contributed by atoms with Gasteiger partial charge in [-0.1, -0.05) is 17.7 Å². The smallest absolute Gasteiger partial charge is 0.235 e. The first kappa shape index (κ1) is 14.9. The number of hydrogen-bond donors (Lipinski definition) is 0. The molecular formula is C15H20N2O2S. The monoisotopic (exact) mass is 292 g/mol. The number of carbonyl (C=O) groups is 2. The van der Waals surface area contributed by atoms with Gasteiger partial charge in [0.05, 0.1) is 5.25 Å². The van der Waals surface area contributed by atoms with Gasteiger partial charge in [-0.2, -0.15) is 0 Å². The number of aryl methyl sites for hydroxylation is 1. The van der Waals surface area contributed by atoms with Gasteiger partial charge in [-0.25, -0.2) is 0 Å². The number of carbonyl (C=O) groups excluding carboxylic acids is 2. The van der Waals surface area contributed by atoms with Crippen molar-refractivity contribution in [1.29, 1.82) is 0 Å². The summed E-state index contributed by atoms with van der Waals surface area (Å²) >= 11 is 1.59. The van der Waals surface area contributed by atoms with Gasteiger partial charge >= 0.3 is 0 Å². The normalized spacial score (nSPS) is 16.9. The van der Waals surface area contributed by atoms with Crippen LogP contribution >= 0.6 is 11.8 Å². The fourth-order valence-electron chi connectivity index (χ4n) is 2.18. The summed E-state index contributed by atoms with van der Waals surface area (Å²) < 4.78 is 0. The summed E-state index contributed by atoms with van der Waals surface area (Å²) in [6.45, 7) is 6.54. The number of benzene rings is 1. The minimum atomic E-state index is -0.0968. The summed E-state index contributed by atoms with van der Waals surface area (Å²) in [5.41, 5.74) is 1.22. The van der Waals surface area contributed by atoms with E-state index in [1.807, 2.05) is 24.0 Å². The van der Waals surface area contributed by atoms with Crippen LogP contribution < -0.4 is 0 Å². The third-order valence-corrected chi connectivity index (χ3v) is 4.56. The zero-order chi connectivity index (χ0) is 14.5. The Balaban J connectivity index is 1.89. The first-order valence-corrected chi connectivity index (χ1v) is 7.69. The van der Waals surface area contributed by atoms with Crippen LogP contribution in [-0.4, -0.2) is 53.5 Å². The van der Waals surface area contributed by atoms with Crippen LogP contribution in [0.1, 0.15) is 12.5 Å². The van der Waals surface area contributed by atoms with E-state index in [1.165, 1.54) is 5.56 Å². The van der Waals surface area contributed by atoms with Gasteiger partial charge in [0, 0.05) is 31.1 Å². The third-order valence-electron chi connectivity index (χ3n) is 3.46.